The zero-order valence-corrected chi connectivity index (χ0v) is 17.0. The highest BCUT2D eigenvalue weighted by Crippen LogP contribution is 2.46. The van der Waals surface area contributed by atoms with E-state index in [-0.39, 0.29) is 17.9 Å². The van der Waals surface area contributed by atoms with Crippen molar-refractivity contribution in [1.29, 1.82) is 0 Å². The van der Waals surface area contributed by atoms with Crippen molar-refractivity contribution in [2.24, 2.45) is 11.8 Å². The number of methoxy groups -OCH3 is 3. The number of piperidine rings is 1. The lowest BCUT2D eigenvalue weighted by molar-refractivity contribution is -0.137. The van der Waals surface area contributed by atoms with E-state index >= 15 is 0 Å². The van der Waals surface area contributed by atoms with Gasteiger partial charge >= 0.3 is 5.97 Å². The van der Waals surface area contributed by atoms with Gasteiger partial charge in [-0.25, -0.2) is 4.79 Å². The average molecular weight is 384 g/mol. The van der Waals surface area contributed by atoms with Gasteiger partial charge in [-0.1, -0.05) is 13.0 Å². The Morgan fingerprint density at radius 2 is 2.11 bits per heavy atom. The van der Waals surface area contributed by atoms with Gasteiger partial charge in [-0.3, -0.25) is 4.90 Å². The number of nitrogens with zero attached hydrogens (tertiary/aromatic N) is 1. The number of rotatable bonds is 4. The van der Waals surface area contributed by atoms with Crippen molar-refractivity contribution in [2.75, 3.05) is 34.4 Å². The number of aromatic nitrogens is 1. The molecule has 4 rings (SSSR count). The van der Waals surface area contributed by atoms with Gasteiger partial charge in [0.15, 0.2) is 0 Å². The molecule has 2 aromatic rings. The van der Waals surface area contributed by atoms with Crippen molar-refractivity contribution in [3.05, 3.63) is 41.3 Å². The van der Waals surface area contributed by atoms with Gasteiger partial charge in [0.1, 0.15) is 5.75 Å². The Balaban J connectivity index is 1.75. The molecule has 0 bridgehead atoms. The Kier molecular flexibility index (Phi) is 5.06. The molecule has 0 unspecified atom stereocenters. The maximum Gasteiger partial charge on any atom is 0.337 e. The highest BCUT2D eigenvalue weighted by molar-refractivity contribution is 5.91. The van der Waals surface area contributed by atoms with Crippen LogP contribution < -0.4 is 4.74 Å². The second-order valence-electron chi connectivity index (χ2n) is 7.78. The fraction of sp³-hybridized carbons (Fsp3) is 0.500. The first-order valence-corrected chi connectivity index (χ1v) is 9.81. The largest absolute Gasteiger partial charge is 0.504 e. The molecule has 1 fully saturated rings. The first kappa shape index (κ1) is 18.9. The number of hydrogen-bond donors (Lipinski definition) is 1. The van der Waals surface area contributed by atoms with Crippen molar-refractivity contribution < 1.29 is 19.0 Å². The monoisotopic (exact) mass is 384 g/mol. The van der Waals surface area contributed by atoms with Crippen molar-refractivity contribution in [3.8, 4) is 5.75 Å². The molecule has 0 radical (unpaired) electrons. The van der Waals surface area contributed by atoms with Crippen LogP contribution in [-0.2, 0) is 20.7 Å². The standard InChI is InChI=1S/C22H28N2O4/c1-13-11-24-9-8-14-20-17(6-5-7-19(20)27-3)23-21(14)18(24)10-15(13)16(12-26-2)22(25)28-4/h5-7,12-13,15,18,23H,8-11H2,1-4H3/b16-12+/t13-,15+,18+/m1/s1. The van der Waals surface area contributed by atoms with E-state index in [0.29, 0.717) is 11.5 Å². The predicted molar refractivity (Wildman–Crippen MR) is 107 cm³/mol. The summed E-state index contributed by atoms with van der Waals surface area (Å²) >= 11 is 0. The summed E-state index contributed by atoms with van der Waals surface area (Å²) in [4.78, 5) is 18.6. The molecule has 1 aromatic heterocycles. The highest BCUT2D eigenvalue weighted by Gasteiger charge is 2.41. The van der Waals surface area contributed by atoms with E-state index in [1.165, 1.54) is 23.8 Å². The first-order chi connectivity index (χ1) is 13.6. The summed E-state index contributed by atoms with van der Waals surface area (Å²) < 4.78 is 15.9. The van der Waals surface area contributed by atoms with Crippen LogP contribution in [0.15, 0.2) is 30.0 Å². The van der Waals surface area contributed by atoms with Gasteiger partial charge in [-0.2, -0.15) is 0 Å². The van der Waals surface area contributed by atoms with E-state index in [2.05, 4.69) is 22.9 Å². The molecule has 0 amide bonds. The minimum absolute atomic E-state index is 0.0907. The molecule has 6 nitrogen and oxygen atoms in total. The van der Waals surface area contributed by atoms with Gasteiger partial charge in [0.05, 0.1) is 39.2 Å². The zero-order valence-electron chi connectivity index (χ0n) is 17.0. The van der Waals surface area contributed by atoms with Crippen LogP contribution in [0.4, 0.5) is 0 Å². The van der Waals surface area contributed by atoms with Gasteiger partial charge < -0.3 is 19.2 Å². The van der Waals surface area contributed by atoms with E-state index in [9.17, 15) is 4.79 Å². The van der Waals surface area contributed by atoms with Crippen LogP contribution in [0.2, 0.25) is 0 Å². The molecule has 28 heavy (non-hydrogen) atoms. The predicted octanol–water partition coefficient (Wildman–Crippen LogP) is 3.44. The Morgan fingerprint density at radius 1 is 1.29 bits per heavy atom. The minimum Gasteiger partial charge on any atom is -0.504 e. The number of esters is 1. The van der Waals surface area contributed by atoms with Crippen LogP contribution in [0.3, 0.4) is 0 Å². The Morgan fingerprint density at radius 3 is 2.82 bits per heavy atom. The molecule has 0 saturated carbocycles. The second kappa shape index (κ2) is 7.51. The number of carbonyl (C=O) groups is 1. The van der Waals surface area contributed by atoms with Crippen LogP contribution in [0, 0.1) is 11.8 Å². The Labute approximate surface area is 165 Å². The van der Waals surface area contributed by atoms with Gasteiger partial charge in [-0.15, -0.1) is 0 Å². The summed E-state index contributed by atoms with van der Waals surface area (Å²) in [7, 11) is 4.72. The summed E-state index contributed by atoms with van der Waals surface area (Å²) in [6, 6.07) is 6.38. The lowest BCUT2D eigenvalue weighted by Crippen LogP contribution is -2.46. The highest BCUT2D eigenvalue weighted by atomic mass is 16.5. The third-order valence-corrected chi connectivity index (χ3v) is 6.32. The Bertz CT molecular complexity index is 917. The third-order valence-electron chi connectivity index (χ3n) is 6.32. The first-order valence-electron chi connectivity index (χ1n) is 9.81. The number of carbonyl (C=O) groups excluding carboxylic acids is 1. The molecule has 1 aromatic carbocycles. The molecule has 1 N–H and O–H groups in total. The summed E-state index contributed by atoms with van der Waals surface area (Å²) in [5.74, 6) is 1.05. The normalized spacial score (nSPS) is 25.1. The molecule has 0 spiro atoms. The maximum atomic E-state index is 12.4. The number of hydrogen-bond acceptors (Lipinski definition) is 5. The van der Waals surface area contributed by atoms with Crippen LogP contribution >= 0.6 is 0 Å². The molecule has 150 valence electrons. The molecular weight excluding hydrogens is 356 g/mol. The van der Waals surface area contributed by atoms with Crippen LogP contribution in [0.1, 0.15) is 30.6 Å². The van der Waals surface area contributed by atoms with Crippen molar-refractivity contribution in [3.63, 3.8) is 0 Å². The topological polar surface area (TPSA) is 63.8 Å². The lowest BCUT2D eigenvalue weighted by Gasteiger charge is -2.45. The number of benzene rings is 1. The van der Waals surface area contributed by atoms with Crippen molar-refractivity contribution in [2.45, 2.75) is 25.8 Å². The summed E-state index contributed by atoms with van der Waals surface area (Å²) in [6.45, 7) is 4.16. The molecule has 3 heterocycles. The SMILES string of the molecule is CO/C=C(/C(=O)OC)[C@H]1C[C@H]2c3[nH]c4cccc(OC)c4c3CCN2C[C@H]1C. The molecule has 3 atom stereocenters. The smallest absolute Gasteiger partial charge is 0.337 e. The number of ether oxygens (including phenoxy) is 3. The lowest BCUT2D eigenvalue weighted by atomic mass is 9.76. The summed E-state index contributed by atoms with van der Waals surface area (Å²) in [5.41, 5.74) is 4.33. The molecule has 0 aliphatic carbocycles. The second-order valence-corrected chi connectivity index (χ2v) is 7.78. The molecule has 2 aliphatic rings. The molecular formula is C22H28N2O4. The van der Waals surface area contributed by atoms with E-state index in [0.717, 1.165) is 37.2 Å². The van der Waals surface area contributed by atoms with E-state index in [1.54, 1.807) is 20.5 Å². The minimum atomic E-state index is -0.304. The number of nitrogens with one attached hydrogen (secondary N) is 1. The van der Waals surface area contributed by atoms with E-state index in [1.807, 2.05) is 12.1 Å². The zero-order chi connectivity index (χ0) is 19.8. The third kappa shape index (κ3) is 2.96. The van der Waals surface area contributed by atoms with Gasteiger partial charge in [0.25, 0.3) is 0 Å². The van der Waals surface area contributed by atoms with Crippen LogP contribution in [0.25, 0.3) is 10.9 Å². The van der Waals surface area contributed by atoms with Crippen molar-refractivity contribution in [1.82, 2.24) is 9.88 Å². The number of fused-ring (bicyclic) bond motifs is 5. The quantitative estimate of drug-likeness (QED) is 0.497. The van der Waals surface area contributed by atoms with Crippen LogP contribution in [0.5, 0.6) is 5.75 Å². The van der Waals surface area contributed by atoms with Crippen molar-refractivity contribution >= 4 is 16.9 Å². The fourth-order valence-electron chi connectivity index (χ4n) is 5.03. The van der Waals surface area contributed by atoms with Gasteiger partial charge in [-0.05, 0) is 42.4 Å². The van der Waals surface area contributed by atoms with Gasteiger partial charge in [0, 0.05) is 29.7 Å². The average Bonchev–Trinajstić information content (AvgIpc) is 3.10. The number of H-pyrrole nitrogens is 1. The Hall–Kier alpha value is -2.47. The molecule has 6 heteroatoms. The fourth-order valence-corrected chi connectivity index (χ4v) is 5.03. The maximum absolute atomic E-state index is 12.4. The molecule has 2 aliphatic heterocycles. The number of aromatic amines is 1. The van der Waals surface area contributed by atoms with Crippen LogP contribution in [-0.4, -0.2) is 50.3 Å². The van der Waals surface area contributed by atoms with Gasteiger partial charge in [0.2, 0.25) is 0 Å². The summed E-state index contributed by atoms with van der Waals surface area (Å²) in [6.07, 6.45) is 3.41. The summed E-state index contributed by atoms with van der Waals surface area (Å²) in [5, 5.41) is 1.19. The van der Waals surface area contributed by atoms with E-state index in [4.69, 9.17) is 14.2 Å². The molecule has 1 saturated heterocycles. The van der Waals surface area contributed by atoms with E-state index < -0.39 is 0 Å².